The molecule has 0 heterocycles. The lowest BCUT2D eigenvalue weighted by Crippen LogP contribution is -2.12. The van der Waals surface area contributed by atoms with Gasteiger partial charge in [-0.15, -0.1) is 0 Å². The number of ketones is 2. The molecule has 0 fully saturated rings. The first-order valence-electron chi connectivity index (χ1n) is 21.4. The van der Waals surface area contributed by atoms with Gasteiger partial charge in [0.1, 0.15) is 34.1 Å². The molecule has 342 valence electrons. The van der Waals surface area contributed by atoms with E-state index in [2.05, 4.69) is 0 Å². The molecule has 0 aliphatic rings. The lowest BCUT2D eigenvalue weighted by Gasteiger charge is -2.17. The quantitative estimate of drug-likeness (QED) is 0.0498. The van der Waals surface area contributed by atoms with Gasteiger partial charge in [-0.1, -0.05) is 146 Å². The highest BCUT2D eigenvalue weighted by Gasteiger charge is 2.28. The van der Waals surface area contributed by atoms with Crippen molar-refractivity contribution in [3.63, 3.8) is 0 Å². The summed E-state index contributed by atoms with van der Waals surface area (Å²) in [5.74, 6) is -7.23. The minimum atomic E-state index is -1.62. The average molecular weight is 927 g/mol. The Balaban J connectivity index is 1.05. The van der Waals surface area contributed by atoms with E-state index in [0.717, 1.165) is 45.5 Å². The van der Waals surface area contributed by atoms with Crippen LogP contribution < -0.4 is 9.47 Å². The lowest BCUT2D eigenvalue weighted by atomic mass is 9.94. The normalized spacial score (nSPS) is 11.0. The van der Waals surface area contributed by atoms with Crippen LogP contribution in [0.1, 0.15) is 73.3 Å². The summed E-state index contributed by atoms with van der Waals surface area (Å²) < 4.78 is 12.1. The molecule has 0 spiro atoms. The van der Waals surface area contributed by atoms with E-state index < -0.39 is 57.6 Å². The van der Waals surface area contributed by atoms with Crippen molar-refractivity contribution in [3.05, 3.63) is 239 Å². The van der Waals surface area contributed by atoms with Gasteiger partial charge in [-0.3, -0.25) is 9.59 Å². The van der Waals surface area contributed by atoms with E-state index in [-0.39, 0.29) is 34.2 Å². The van der Waals surface area contributed by atoms with E-state index in [1.165, 1.54) is 24.3 Å². The number of hydrogen-bond acceptors (Lipinski definition) is 8. The summed E-state index contributed by atoms with van der Waals surface area (Å²) in [5, 5.41) is 40.9. The number of carbonyl (C=O) groups is 6. The largest absolute Gasteiger partial charge is 0.478 e. The van der Waals surface area contributed by atoms with Gasteiger partial charge in [-0.05, 0) is 105 Å². The molecule has 0 aliphatic heterocycles. The molecule has 12 heteroatoms. The van der Waals surface area contributed by atoms with Gasteiger partial charge >= 0.3 is 23.9 Å². The number of hydrogen-bond donors (Lipinski definition) is 4. The Morgan fingerprint density at radius 3 is 0.957 bits per heavy atom. The molecule has 70 heavy (non-hydrogen) atoms. The van der Waals surface area contributed by atoms with Crippen LogP contribution in [0.25, 0.3) is 45.5 Å². The third-order valence-corrected chi connectivity index (χ3v) is 11.0. The smallest absolute Gasteiger partial charge is 0.340 e. The van der Waals surface area contributed by atoms with Crippen molar-refractivity contribution in [1.29, 1.82) is 0 Å². The first-order chi connectivity index (χ1) is 33.8. The van der Waals surface area contributed by atoms with Crippen LogP contribution in [0.4, 0.5) is 0 Å². The standard InChI is InChI=1S/C58H38O12/c59-49(41-7-3-1-4-8-41)29-15-35-11-17-37(18-12-35)39-21-25-45(26-22-39)69-51-33-43(31-47(55(61)62)53(51)57(65)66)44-32-48(56(63)64)54(58(67)68)52(34-44)70-46-27-23-40(24-28-46)38-19-13-36(14-20-38)16-30-50(60)42-9-5-2-6-10-42/h1-34H,(H,61,62)(H,63,64)(H,65,66)(H,67,68)/b29-15+,30-16+. The van der Waals surface area contributed by atoms with Gasteiger partial charge in [-0.2, -0.15) is 0 Å². The van der Waals surface area contributed by atoms with Crippen molar-refractivity contribution in [2.24, 2.45) is 0 Å². The van der Waals surface area contributed by atoms with Gasteiger partial charge in [0.15, 0.2) is 11.6 Å². The summed E-state index contributed by atoms with van der Waals surface area (Å²) in [5.41, 5.74) is 3.15. The Labute approximate surface area is 399 Å². The fourth-order valence-electron chi connectivity index (χ4n) is 7.50. The van der Waals surface area contributed by atoms with Crippen molar-refractivity contribution >= 4 is 47.6 Å². The lowest BCUT2D eigenvalue weighted by molar-refractivity contribution is 0.0649. The van der Waals surface area contributed by atoms with Crippen molar-refractivity contribution in [2.45, 2.75) is 0 Å². The second-order valence-corrected chi connectivity index (χ2v) is 15.6. The highest BCUT2D eigenvalue weighted by molar-refractivity contribution is 6.08. The summed E-state index contributed by atoms with van der Waals surface area (Å²) in [4.78, 5) is 75.4. The maximum atomic E-state index is 12.6. The highest BCUT2D eigenvalue weighted by atomic mass is 16.5. The summed E-state index contributed by atoms with van der Waals surface area (Å²) in [6, 6.07) is 50.2. The molecule has 0 amide bonds. The molecule has 0 aromatic heterocycles. The second kappa shape index (κ2) is 20.7. The average Bonchev–Trinajstić information content (AvgIpc) is 3.37. The maximum Gasteiger partial charge on any atom is 0.340 e. The topological polar surface area (TPSA) is 202 Å². The maximum absolute atomic E-state index is 12.6. The predicted octanol–water partition coefficient (Wildman–Crippen LogP) is 12.9. The van der Waals surface area contributed by atoms with E-state index in [1.807, 2.05) is 60.7 Å². The van der Waals surface area contributed by atoms with Crippen LogP contribution in [-0.4, -0.2) is 55.9 Å². The number of carboxylic acids is 4. The van der Waals surface area contributed by atoms with Crippen LogP contribution in [0.15, 0.2) is 194 Å². The van der Waals surface area contributed by atoms with Gasteiger partial charge in [-0.25, -0.2) is 19.2 Å². The molecule has 8 aromatic carbocycles. The Hall–Kier alpha value is -9.94. The molecule has 4 N–H and O–H groups in total. The summed E-state index contributed by atoms with van der Waals surface area (Å²) in [7, 11) is 0. The molecule has 0 saturated carbocycles. The molecule has 0 bridgehead atoms. The zero-order valence-corrected chi connectivity index (χ0v) is 36.7. The SMILES string of the molecule is O=C(/C=C/c1ccc(-c2ccc(Oc3cc(-c4cc(Oc5ccc(-c6ccc(/C=C/C(=O)c7ccccc7)cc6)cc5)c(C(=O)O)c(C(=O)O)c4)cc(C(=O)O)c3C(=O)O)cc2)cc1)c1ccccc1. The molecule has 8 rings (SSSR count). The van der Waals surface area contributed by atoms with Crippen LogP contribution >= 0.6 is 0 Å². The predicted molar refractivity (Wildman–Crippen MR) is 263 cm³/mol. The molecule has 12 nitrogen and oxygen atoms in total. The fourth-order valence-corrected chi connectivity index (χ4v) is 7.50. The molecular weight excluding hydrogens is 889 g/mol. The number of carboxylic acid groups (broad SMARTS) is 4. The van der Waals surface area contributed by atoms with Gasteiger partial charge < -0.3 is 29.9 Å². The van der Waals surface area contributed by atoms with Gasteiger partial charge in [0.05, 0.1) is 11.1 Å². The minimum Gasteiger partial charge on any atom is -0.478 e. The molecule has 0 unspecified atom stereocenters. The first kappa shape index (κ1) is 46.6. The third-order valence-electron chi connectivity index (χ3n) is 11.0. The van der Waals surface area contributed by atoms with Gasteiger partial charge in [0.2, 0.25) is 0 Å². The Kier molecular flexibility index (Phi) is 13.8. The highest BCUT2D eigenvalue weighted by Crippen LogP contribution is 2.39. The number of aromatic carboxylic acids is 4. The van der Waals surface area contributed by atoms with E-state index in [0.29, 0.717) is 11.1 Å². The fraction of sp³-hybridized carbons (Fsp3) is 0. The molecule has 8 aromatic rings. The molecule has 0 atom stereocenters. The van der Waals surface area contributed by atoms with Crippen LogP contribution in [0.2, 0.25) is 0 Å². The summed E-state index contributed by atoms with van der Waals surface area (Å²) in [6.07, 6.45) is 6.42. The number of allylic oxidation sites excluding steroid dienone is 2. The number of rotatable bonds is 17. The zero-order chi connectivity index (χ0) is 49.3. The van der Waals surface area contributed by atoms with Crippen LogP contribution in [0, 0.1) is 0 Å². The molecule has 0 saturated heterocycles. The number of benzene rings is 8. The number of ether oxygens (including phenoxy) is 2. The minimum absolute atomic E-state index is 0.0176. The Morgan fingerprint density at radius 2 is 0.657 bits per heavy atom. The van der Waals surface area contributed by atoms with Crippen molar-refractivity contribution in [1.82, 2.24) is 0 Å². The first-order valence-corrected chi connectivity index (χ1v) is 21.4. The molecule has 0 aliphatic carbocycles. The van der Waals surface area contributed by atoms with Crippen LogP contribution in [0.5, 0.6) is 23.0 Å². The van der Waals surface area contributed by atoms with Gasteiger partial charge in [0, 0.05) is 11.1 Å². The van der Waals surface area contributed by atoms with Gasteiger partial charge in [0.25, 0.3) is 0 Å². The Bertz CT molecular complexity index is 3130. The monoisotopic (exact) mass is 926 g/mol. The summed E-state index contributed by atoms with van der Waals surface area (Å²) in [6.45, 7) is 0. The van der Waals surface area contributed by atoms with E-state index in [1.54, 1.807) is 109 Å². The Morgan fingerprint density at radius 1 is 0.343 bits per heavy atom. The van der Waals surface area contributed by atoms with Crippen LogP contribution in [0.3, 0.4) is 0 Å². The second-order valence-electron chi connectivity index (χ2n) is 15.6. The van der Waals surface area contributed by atoms with E-state index >= 15 is 0 Å². The van der Waals surface area contributed by atoms with Crippen LogP contribution in [-0.2, 0) is 0 Å². The third kappa shape index (κ3) is 10.8. The summed E-state index contributed by atoms with van der Waals surface area (Å²) >= 11 is 0. The molecular formula is C58H38O12. The van der Waals surface area contributed by atoms with E-state index in [9.17, 15) is 49.2 Å². The van der Waals surface area contributed by atoms with E-state index in [4.69, 9.17) is 9.47 Å². The van der Waals surface area contributed by atoms with Crippen molar-refractivity contribution in [3.8, 4) is 56.4 Å². The van der Waals surface area contributed by atoms with Crippen molar-refractivity contribution in [2.75, 3.05) is 0 Å². The molecule has 0 radical (unpaired) electrons. The zero-order valence-electron chi connectivity index (χ0n) is 36.7. The van der Waals surface area contributed by atoms with Crippen molar-refractivity contribution < 1.29 is 58.7 Å². The number of carbonyl (C=O) groups excluding carboxylic acids is 2.